The first-order chi connectivity index (χ1) is 12.6. The van der Waals surface area contributed by atoms with Crippen LogP contribution in [0.3, 0.4) is 0 Å². The minimum absolute atomic E-state index is 0.0198. The van der Waals surface area contributed by atoms with Crippen molar-refractivity contribution in [2.45, 2.75) is 13.5 Å². The van der Waals surface area contributed by atoms with Crippen molar-refractivity contribution in [3.05, 3.63) is 107 Å². The lowest BCUT2D eigenvalue weighted by Gasteiger charge is -2.12. The van der Waals surface area contributed by atoms with Gasteiger partial charge in [-0.2, -0.15) is 0 Å². The lowest BCUT2D eigenvalue weighted by atomic mass is 10.0. The maximum absolute atomic E-state index is 12.7. The third-order valence-corrected chi connectivity index (χ3v) is 4.16. The summed E-state index contributed by atoms with van der Waals surface area (Å²) >= 11 is 0. The molecule has 0 aliphatic rings. The van der Waals surface area contributed by atoms with Crippen molar-refractivity contribution in [2.24, 2.45) is 0 Å². The van der Waals surface area contributed by atoms with E-state index in [-0.39, 0.29) is 5.78 Å². The van der Waals surface area contributed by atoms with E-state index in [1.807, 2.05) is 85.8 Å². The molecule has 0 unspecified atom stereocenters. The predicted molar refractivity (Wildman–Crippen MR) is 108 cm³/mol. The third kappa shape index (κ3) is 4.61. The van der Waals surface area contributed by atoms with Gasteiger partial charge in [-0.3, -0.25) is 4.79 Å². The molecule has 26 heavy (non-hydrogen) atoms. The zero-order chi connectivity index (χ0) is 18.4. The number of carbonyl (C=O) groups excluding carboxylic acids is 1. The van der Waals surface area contributed by atoms with E-state index in [1.54, 1.807) is 6.08 Å². The normalized spacial score (nSPS) is 11.2. The molecule has 0 atom stereocenters. The number of carbonyl (C=O) groups is 1. The lowest BCUT2D eigenvalue weighted by molar-refractivity contribution is 0.104. The Bertz CT molecular complexity index is 895. The van der Waals surface area contributed by atoms with Gasteiger partial charge in [0.05, 0.1) is 0 Å². The molecule has 3 rings (SSSR count). The van der Waals surface area contributed by atoms with E-state index in [2.05, 4.69) is 5.32 Å². The lowest BCUT2D eigenvalue weighted by Crippen LogP contribution is -2.13. The highest BCUT2D eigenvalue weighted by Crippen LogP contribution is 2.15. The van der Waals surface area contributed by atoms with Crippen molar-refractivity contribution in [3.63, 3.8) is 0 Å². The molecule has 0 bridgehead atoms. The van der Waals surface area contributed by atoms with Gasteiger partial charge >= 0.3 is 0 Å². The van der Waals surface area contributed by atoms with Crippen LogP contribution in [0.5, 0.6) is 0 Å². The zero-order valence-corrected chi connectivity index (χ0v) is 14.8. The van der Waals surface area contributed by atoms with Gasteiger partial charge < -0.3 is 11.1 Å². The average Bonchev–Trinajstić information content (AvgIpc) is 2.67. The van der Waals surface area contributed by atoms with Crippen molar-refractivity contribution in [1.82, 2.24) is 5.32 Å². The molecule has 0 amide bonds. The maximum Gasteiger partial charge on any atom is 0.187 e. The highest BCUT2D eigenvalue weighted by Gasteiger charge is 2.07. The van der Waals surface area contributed by atoms with Crippen LogP contribution in [-0.2, 0) is 6.54 Å². The van der Waals surface area contributed by atoms with Crippen LogP contribution in [0, 0.1) is 6.92 Å². The molecule has 0 saturated heterocycles. The predicted octanol–water partition coefficient (Wildman–Crippen LogP) is 4.59. The van der Waals surface area contributed by atoms with Gasteiger partial charge in [-0.25, -0.2) is 0 Å². The van der Waals surface area contributed by atoms with Gasteiger partial charge in [0.2, 0.25) is 0 Å². The second-order valence-corrected chi connectivity index (χ2v) is 6.25. The summed E-state index contributed by atoms with van der Waals surface area (Å²) in [6.07, 6.45) is 1.66. The minimum Gasteiger partial charge on any atom is -0.399 e. The topological polar surface area (TPSA) is 55.1 Å². The fourth-order valence-electron chi connectivity index (χ4n) is 2.62. The van der Waals surface area contributed by atoms with Gasteiger partial charge in [0.1, 0.15) is 0 Å². The molecule has 0 heterocycles. The van der Waals surface area contributed by atoms with Crippen LogP contribution in [0.25, 0.3) is 5.70 Å². The summed E-state index contributed by atoms with van der Waals surface area (Å²) in [7, 11) is 0. The standard InChI is InChI=1S/C23H22N2O/c1-17-7-11-20(12-8-17)23(26)15-22(19-5-3-2-4-6-19)25-16-18-9-13-21(24)14-10-18/h2-15,25H,16,24H2,1H3/b22-15-. The van der Waals surface area contributed by atoms with E-state index in [9.17, 15) is 4.79 Å². The maximum atomic E-state index is 12.7. The van der Waals surface area contributed by atoms with Crippen LogP contribution in [-0.4, -0.2) is 5.78 Å². The summed E-state index contributed by atoms with van der Waals surface area (Å²) in [6.45, 7) is 2.62. The zero-order valence-electron chi connectivity index (χ0n) is 14.8. The first kappa shape index (κ1) is 17.5. The largest absolute Gasteiger partial charge is 0.399 e. The average molecular weight is 342 g/mol. The van der Waals surface area contributed by atoms with E-state index in [4.69, 9.17) is 5.73 Å². The fourth-order valence-corrected chi connectivity index (χ4v) is 2.62. The number of benzene rings is 3. The Morgan fingerprint density at radius 3 is 2.19 bits per heavy atom. The Morgan fingerprint density at radius 2 is 1.54 bits per heavy atom. The second-order valence-electron chi connectivity index (χ2n) is 6.25. The van der Waals surface area contributed by atoms with E-state index in [1.165, 1.54) is 0 Å². The van der Waals surface area contributed by atoms with E-state index < -0.39 is 0 Å². The molecule has 0 aromatic heterocycles. The summed E-state index contributed by atoms with van der Waals surface area (Å²) in [5, 5.41) is 3.38. The van der Waals surface area contributed by atoms with Gasteiger partial charge in [0.25, 0.3) is 0 Å². The number of nitrogens with two attached hydrogens (primary N) is 1. The van der Waals surface area contributed by atoms with Gasteiger partial charge in [0, 0.05) is 29.6 Å². The number of nitrogens with one attached hydrogen (secondary N) is 1. The van der Waals surface area contributed by atoms with Crippen molar-refractivity contribution < 1.29 is 4.79 Å². The molecule has 0 fully saturated rings. The van der Waals surface area contributed by atoms with Crippen molar-refractivity contribution in [1.29, 1.82) is 0 Å². The van der Waals surface area contributed by atoms with Gasteiger partial charge in [0.15, 0.2) is 5.78 Å². The van der Waals surface area contributed by atoms with Crippen molar-refractivity contribution in [2.75, 3.05) is 5.73 Å². The van der Waals surface area contributed by atoms with Gasteiger partial charge in [-0.1, -0.05) is 72.3 Å². The Labute approximate surface area is 154 Å². The molecule has 3 aromatic rings. The van der Waals surface area contributed by atoms with Gasteiger partial charge in [-0.05, 0) is 30.2 Å². The Morgan fingerprint density at radius 1 is 0.885 bits per heavy atom. The van der Waals surface area contributed by atoms with Crippen LogP contribution in [0.15, 0.2) is 84.9 Å². The smallest absolute Gasteiger partial charge is 0.187 e. The first-order valence-electron chi connectivity index (χ1n) is 8.58. The molecule has 130 valence electrons. The molecule has 0 radical (unpaired) electrons. The summed E-state index contributed by atoms with van der Waals surface area (Å²) in [6, 6.07) is 25.2. The van der Waals surface area contributed by atoms with E-state index in [0.29, 0.717) is 12.1 Å². The van der Waals surface area contributed by atoms with Crippen LogP contribution < -0.4 is 11.1 Å². The summed E-state index contributed by atoms with van der Waals surface area (Å²) in [5.41, 5.74) is 11.2. The Balaban J connectivity index is 1.84. The van der Waals surface area contributed by atoms with Crippen LogP contribution in [0.1, 0.15) is 27.0 Å². The first-order valence-corrected chi connectivity index (χ1v) is 8.58. The van der Waals surface area contributed by atoms with E-state index >= 15 is 0 Å². The highest BCUT2D eigenvalue weighted by atomic mass is 16.1. The number of anilines is 1. The number of nitrogen functional groups attached to an aromatic ring is 1. The van der Waals surface area contributed by atoms with Gasteiger partial charge in [-0.15, -0.1) is 0 Å². The quantitative estimate of drug-likeness (QED) is 0.391. The molecule has 0 spiro atoms. The number of rotatable bonds is 6. The number of allylic oxidation sites excluding steroid dienone is 1. The molecule has 0 aliphatic heterocycles. The third-order valence-electron chi connectivity index (χ3n) is 4.16. The van der Waals surface area contributed by atoms with Crippen LogP contribution in [0.4, 0.5) is 5.69 Å². The van der Waals surface area contributed by atoms with Crippen molar-refractivity contribution >= 4 is 17.2 Å². The van der Waals surface area contributed by atoms with E-state index in [0.717, 1.165) is 28.1 Å². The minimum atomic E-state index is -0.0198. The number of hydrogen-bond donors (Lipinski definition) is 2. The highest BCUT2D eigenvalue weighted by molar-refractivity contribution is 6.08. The second kappa shape index (κ2) is 8.17. The molecule has 3 nitrogen and oxygen atoms in total. The molecular weight excluding hydrogens is 320 g/mol. The number of aryl methyl sites for hydroxylation is 1. The van der Waals surface area contributed by atoms with Crippen LogP contribution >= 0.6 is 0 Å². The molecule has 0 saturated carbocycles. The molecule has 3 heteroatoms. The van der Waals surface area contributed by atoms with Crippen molar-refractivity contribution in [3.8, 4) is 0 Å². The SMILES string of the molecule is Cc1ccc(C(=O)/C=C(\NCc2ccc(N)cc2)c2ccccc2)cc1. The summed E-state index contributed by atoms with van der Waals surface area (Å²) < 4.78 is 0. The molecule has 3 N–H and O–H groups in total. The monoisotopic (exact) mass is 342 g/mol. The summed E-state index contributed by atoms with van der Waals surface area (Å²) in [5.74, 6) is -0.0198. The number of hydrogen-bond acceptors (Lipinski definition) is 3. The molecule has 0 aliphatic carbocycles. The molecular formula is C23H22N2O. The van der Waals surface area contributed by atoms with Crippen LogP contribution in [0.2, 0.25) is 0 Å². The Hall–Kier alpha value is -3.33. The number of ketones is 1. The fraction of sp³-hybridized carbons (Fsp3) is 0.0870. The molecule has 3 aromatic carbocycles. The Kier molecular flexibility index (Phi) is 5.49. The summed E-state index contributed by atoms with van der Waals surface area (Å²) in [4.78, 5) is 12.7.